The zero-order valence-electron chi connectivity index (χ0n) is 8.21. The quantitative estimate of drug-likeness (QED) is 0.691. The van der Waals surface area contributed by atoms with Gasteiger partial charge in [-0.25, -0.2) is 0 Å². The van der Waals surface area contributed by atoms with E-state index in [1.165, 1.54) is 11.3 Å². The Kier molecular flexibility index (Phi) is 2.21. The Hall–Kier alpha value is -1.05. The lowest BCUT2D eigenvalue weighted by atomic mass is 10.1. The van der Waals surface area contributed by atoms with Gasteiger partial charge in [0.15, 0.2) is 0 Å². The largest absolute Gasteiger partial charge is 0.491 e. The molecule has 0 saturated carbocycles. The lowest BCUT2D eigenvalue weighted by Crippen LogP contribution is -1.97. The van der Waals surface area contributed by atoms with Gasteiger partial charge in [-0.3, -0.25) is 4.98 Å². The Balaban J connectivity index is 2.21. The van der Waals surface area contributed by atoms with E-state index in [1.54, 1.807) is 0 Å². The normalized spacial score (nSPS) is 14.4. The Bertz CT molecular complexity index is 307. The molecule has 0 amide bonds. The summed E-state index contributed by atoms with van der Waals surface area (Å²) in [4.78, 5) is 4.37. The first-order valence-electron chi connectivity index (χ1n) is 4.86. The van der Waals surface area contributed by atoms with Crippen LogP contribution in [-0.4, -0.2) is 11.6 Å². The summed E-state index contributed by atoms with van der Waals surface area (Å²) in [7, 11) is 0. The minimum atomic E-state index is 0.674. The van der Waals surface area contributed by atoms with Crippen LogP contribution < -0.4 is 4.74 Å². The van der Waals surface area contributed by atoms with Crippen LogP contribution >= 0.6 is 0 Å². The van der Waals surface area contributed by atoms with E-state index >= 15 is 0 Å². The highest BCUT2D eigenvalue weighted by atomic mass is 16.5. The molecule has 2 heterocycles. The molecule has 2 nitrogen and oxygen atoms in total. The molecule has 0 atom stereocenters. The van der Waals surface area contributed by atoms with Crippen LogP contribution in [0.2, 0.25) is 0 Å². The van der Waals surface area contributed by atoms with Crippen LogP contribution in [0.4, 0.5) is 0 Å². The minimum absolute atomic E-state index is 0.674. The highest BCUT2D eigenvalue weighted by molar-refractivity contribution is 5.35. The van der Waals surface area contributed by atoms with E-state index in [1.807, 2.05) is 6.20 Å². The molecule has 0 N–H and O–H groups in total. The van der Waals surface area contributed by atoms with Crippen molar-refractivity contribution < 1.29 is 4.74 Å². The number of fused-ring (bicyclic) bond motifs is 1. The maximum Gasteiger partial charge on any atom is 0.140 e. The van der Waals surface area contributed by atoms with Crippen molar-refractivity contribution in [2.75, 3.05) is 6.61 Å². The van der Waals surface area contributed by atoms with Gasteiger partial charge in [-0.2, -0.15) is 0 Å². The van der Waals surface area contributed by atoms with Crippen molar-refractivity contribution in [2.24, 2.45) is 5.92 Å². The van der Waals surface area contributed by atoms with Crippen LogP contribution in [0.25, 0.3) is 0 Å². The third kappa shape index (κ3) is 1.82. The second kappa shape index (κ2) is 3.36. The maximum atomic E-state index is 5.40. The zero-order chi connectivity index (χ0) is 9.26. The topological polar surface area (TPSA) is 22.1 Å². The fraction of sp³-hybridized carbons (Fsp3) is 0.545. The Labute approximate surface area is 78.9 Å². The van der Waals surface area contributed by atoms with E-state index in [9.17, 15) is 0 Å². The first-order chi connectivity index (χ1) is 6.25. The number of aromatic nitrogens is 1. The second-order valence-electron chi connectivity index (χ2n) is 3.98. The molecule has 70 valence electrons. The predicted octanol–water partition coefficient (Wildman–Crippen LogP) is 2.21. The summed E-state index contributed by atoms with van der Waals surface area (Å²) in [5.74, 6) is 1.65. The van der Waals surface area contributed by atoms with E-state index in [4.69, 9.17) is 4.74 Å². The Morgan fingerprint density at radius 1 is 1.54 bits per heavy atom. The van der Waals surface area contributed by atoms with E-state index in [2.05, 4.69) is 24.9 Å². The minimum Gasteiger partial charge on any atom is -0.491 e. The highest BCUT2D eigenvalue weighted by Crippen LogP contribution is 2.24. The molecule has 1 aromatic rings. The van der Waals surface area contributed by atoms with Crippen molar-refractivity contribution in [3.63, 3.8) is 0 Å². The van der Waals surface area contributed by atoms with Crippen molar-refractivity contribution in [1.29, 1.82) is 0 Å². The molecule has 0 saturated heterocycles. The van der Waals surface area contributed by atoms with Crippen LogP contribution in [0.1, 0.15) is 25.1 Å². The summed E-state index contributed by atoms with van der Waals surface area (Å²) < 4.78 is 5.40. The third-order valence-corrected chi connectivity index (χ3v) is 2.25. The Morgan fingerprint density at radius 3 is 3.15 bits per heavy atom. The molecule has 0 radical (unpaired) electrons. The second-order valence-corrected chi connectivity index (χ2v) is 3.98. The molecule has 1 aliphatic heterocycles. The van der Waals surface area contributed by atoms with E-state index in [0.29, 0.717) is 5.92 Å². The van der Waals surface area contributed by atoms with Crippen LogP contribution in [0.3, 0.4) is 0 Å². The van der Waals surface area contributed by atoms with Gasteiger partial charge < -0.3 is 4.74 Å². The van der Waals surface area contributed by atoms with Crippen LogP contribution in [0.15, 0.2) is 12.3 Å². The molecule has 13 heavy (non-hydrogen) atoms. The van der Waals surface area contributed by atoms with Crippen molar-refractivity contribution >= 4 is 0 Å². The molecule has 2 rings (SSSR count). The number of nitrogens with zero attached hydrogens (tertiary/aromatic N) is 1. The fourth-order valence-electron chi connectivity index (χ4n) is 1.66. The van der Waals surface area contributed by atoms with Gasteiger partial charge in [0.2, 0.25) is 0 Å². The van der Waals surface area contributed by atoms with Gasteiger partial charge in [-0.1, -0.05) is 13.8 Å². The average molecular weight is 177 g/mol. The molecule has 0 spiro atoms. The molecule has 1 aliphatic rings. The molecular weight excluding hydrogens is 162 g/mol. The van der Waals surface area contributed by atoms with Gasteiger partial charge in [0.1, 0.15) is 5.75 Å². The van der Waals surface area contributed by atoms with Crippen molar-refractivity contribution in [1.82, 2.24) is 4.98 Å². The standard InChI is InChI=1S/C11H15NO/c1-8(2)5-10-6-9-3-4-13-11(9)7-12-10/h6-8H,3-5H2,1-2H3. The summed E-state index contributed by atoms with van der Waals surface area (Å²) in [5.41, 5.74) is 2.52. The average Bonchev–Trinajstić information content (AvgIpc) is 2.49. The van der Waals surface area contributed by atoms with Crippen molar-refractivity contribution in [3.05, 3.63) is 23.5 Å². The zero-order valence-corrected chi connectivity index (χ0v) is 8.21. The van der Waals surface area contributed by atoms with E-state index in [-0.39, 0.29) is 0 Å². The summed E-state index contributed by atoms with van der Waals surface area (Å²) in [6.07, 6.45) is 3.97. The van der Waals surface area contributed by atoms with Crippen LogP contribution in [-0.2, 0) is 12.8 Å². The molecule has 2 heteroatoms. The summed E-state index contributed by atoms with van der Waals surface area (Å²) in [5, 5.41) is 0. The molecular formula is C11H15NO. The van der Waals surface area contributed by atoms with Crippen molar-refractivity contribution in [2.45, 2.75) is 26.7 Å². The molecule has 0 fully saturated rings. The SMILES string of the molecule is CC(C)Cc1cc2c(cn1)OCC2. The van der Waals surface area contributed by atoms with Gasteiger partial charge in [0.25, 0.3) is 0 Å². The van der Waals surface area contributed by atoms with E-state index in [0.717, 1.165) is 25.2 Å². The smallest absolute Gasteiger partial charge is 0.140 e. The monoisotopic (exact) mass is 177 g/mol. The third-order valence-electron chi connectivity index (χ3n) is 2.25. The molecule has 0 aromatic carbocycles. The molecule has 0 unspecified atom stereocenters. The van der Waals surface area contributed by atoms with Crippen LogP contribution in [0, 0.1) is 5.92 Å². The summed E-state index contributed by atoms with van der Waals surface area (Å²) in [6, 6.07) is 2.18. The number of rotatable bonds is 2. The van der Waals surface area contributed by atoms with Crippen LogP contribution in [0.5, 0.6) is 5.75 Å². The van der Waals surface area contributed by atoms with Gasteiger partial charge in [0, 0.05) is 17.7 Å². The van der Waals surface area contributed by atoms with Gasteiger partial charge in [0.05, 0.1) is 12.8 Å². The Morgan fingerprint density at radius 2 is 2.38 bits per heavy atom. The maximum absolute atomic E-state index is 5.40. The number of pyridine rings is 1. The van der Waals surface area contributed by atoms with Gasteiger partial charge >= 0.3 is 0 Å². The number of ether oxygens (including phenoxy) is 1. The predicted molar refractivity (Wildman–Crippen MR) is 52.0 cm³/mol. The summed E-state index contributed by atoms with van der Waals surface area (Å²) >= 11 is 0. The fourth-order valence-corrected chi connectivity index (χ4v) is 1.66. The van der Waals surface area contributed by atoms with Gasteiger partial charge in [-0.15, -0.1) is 0 Å². The number of hydrogen-bond donors (Lipinski definition) is 0. The van der Waals surface area contributed by atoms with E-state index < -0.39 is 0 Å². The molecule has 0 bridgehead atoms. The first-order valence-corrected chi connectivity index (χ1v) is 4.86. The lowest BCUT2D eigenvalue weighted by molar-refractivity contribution is 0.355. The highest BCUT2D eigenvalue weighted by Gasteiger charge is 2.12. The van der Waals surface area contributed by atoms with Gasteiger partial charge in [-0.05, 0) is 18.4 Å². The molecule has 0 aliphatic carbocycles. The number of hydrogen-bond acceptors (Lipinski definition) is 2. The lowest BCUT2D eigenvalue weighted by Gasteiger charge is -2.05. The summed E-state index contributed by atoms with van der Waals surface area (Å²) in [6.45, 7) is 5.25. The molecule has 1 aromatic heterocycles. The first kappa shape index (κ1) is 8.54. The van der Waals surface area contributed by atoms with Crippen molar-refractivity contribution in [3.8, 4) is 5.75 Å².